The van der Waals surface area contributed by atoms with E-state index in [1.54, 1.807) is 6.08 Å². The molecule has 2 rings (SSSR count). The van der Waals surface area contributed by atoms with Crippen LogP contribution in [0.25, 0.3) is 0 Å². The highest BCUT2D eigenvalue weighted by molar-refractivity contribution is 5.96. The number of anilines is 1. The minimum Gasteiger partial charge on any atom is -0.490 e. The van der Waals surface area contributed by atoms with Gasteiger partial charge < -0.3 is 20.3 Å². The second-order valence-corrected chi connectivity index (χ2v) is 7.52. The molecular formula is C24H32N3O3+. The third-order valence-corrected chi connectivity index (χ3v) is 5.08. The van der Waals surface area contributed by atoms with Gasteiger partial charge in [-0.05, 0) is 56.2 Å². The van der Waals surface area contributed by atoms with E-state index in [4.69, 9.17) is 4.74 Å². The Bertz CT molecular complexity index is 858. The van der Waals surface area contributed by atoms with Crippen LogP contribution in [0.5, 0.6) is 5.75 Å². The molecule has 160 valence electrons. The van der Waals surface area contributed by atoms with Crippen molar-refractivity contribution < 1.29 is 19.2 Å². The molecule has 6 heteroatoms. The summed E-state index contributed by atoms with van der Waals surface area (Å²) < 4.78 is 5.49. The highest BCUT2D eigenvalue weighted by atomic mass is 16.5. The zero-order valence-corrected chi connectivity index (χ0v) is 18.2. The van der Waals surface area contributed by atoms with E-state index >= 15 is 0 Å². The molecule has 0 aliphatic carbocycles. The molecule has 3 N–H and O–H groups in total. The molecule has 0 bridgehead atoms. The third-order valence-electron chi connectivity index (χ3n) is 5.08. The summed E-state index contributed by atoms with van der Waals surface area (Å²) in [5.74, 6) is 0.396. The molecule has 0 aliphatic heterocycles. The van der Waals surface area contributed by atoms with Crippen molar-refractivity contribution in [2.45, 2.75) is 33.4 Å². The van der Waals surface area contributed by atoms with E-state index in [0.717, 1.165) is 33.0 Å². The number of hydrogen-bond donors (Lipinski definition) is 3. The smallest absolute Gasteiger partial charge is 0.278 e. The molecule has 0 spiro atoms. The number of ether oxygens (including phenoxy) is 1. The van der Waals surface area contributed by atoms with Crippen molar-refractivity contribution in [2.75, 3.05) is 25.5 Å². The Hall–Kier alpha value is -3.12. The summed E-state index contributed by atoms with van der Waals surface area (Å²) in [5, 5.41) is 5.62. The van der Waals surface area contributed by atoms with Gasteiger partial charge in [-0.2, -0.15) is 0 Å². The number of nitrogens with one attached hydrogen (secondary N) is 3. The predicted molar refractivity (Wildman–Crippen MR) is 120 cm³/mol. The number of rotatable bonds is 10. The van der Waals surface area contributed by atoms with Gasteiger partial charge >= 0.3 is 0 Å². The van der Waals surface area contributed by atoms with Gasteiger partial charge in [-0.1, -0.05) is 30.9 Å². The maximum absolute atomic E-state index is 12.5. The molecule has 0 aliphatic rings. The monoisotopic (exact) mass is 410 g/mol. The average molecular weight is 411 g/mol. The molecule has 2 atom stereocenters. The summed E-state index contributed by atoms with van der Waals surface area (Å²) >= 11 is 0. The van der Waals surface area contributed by atoms with Crippen LogP contribution in [0, 0.1) is 13.8 Å². The van der Waals surface area contributed by atoms with Gasteiger partial charge in [0.2, 0.25) is 5.91 Å². The quantitative estimate of drug-likeness (QED) is 0.525. The lowest BCUT2D eigenvalue weighted by molar-refractivity contribution is -0.908. The van der Waals surface area contributed by atoms with E-state index in [0.29, 0.717) is 13.2 Å². The molecular weight excluding hydrogens is 378 g/mol. The van der Waals surface area contributed by atoms with Crippen molar-refractivity contribution in [3.63, 3.8) is 0 Å². The van der Waals surface area contributed by atoms with E-state index in [9.17, 15) is 9.59 Å². The van der Waals surface area contributed by atoms with E-state index < -0.39 is 0 Å². The summed E-state index contributed by atoms with van der Waals surface area (Å²) in [5.41, 5.74) is 3.89. The number of amides is 2. The number of carbonyl (C=O) groups is 2. The maximum atomic E-state index is 12.5. The molecule has 2 aromatic carbocycles. The number of para-hydroxylation sites is 1. The highest BCUT2D eigenvalue weighted by Crippen LogP contribution is 2.19. The molecule has 0 aromatic heterocycles. The molecule has 0 radical (unpaired) electrons. The first-order valence-corrected chi connectivity index (χ1v) is 10.1. The fraction of sp³-hybridized carbons (Fsp3) is 0.333. The fourth-order valence-electron chi connectivity index (χ4n) is 3.07. The van der Waals surface area contributed by atoms with Crippen LogP contribution in [-0.2, 0) is 16.1 Å². The molecule has 2 amide bonds. The van der Waals surface area contributed by atoms with E-state index in [2.05, 4.69) is 17.2 Å². The number of carbonyl (C=O) groups excluding carboxylic acids is 2. The Morgan fingerprint density at radius 1 is 1.13 bits per heavy atom. The van der Waals surface area contributed by atoms with Crippen molar-refractivity contribution in [3.8, 4) is 5.75 Å². The lowest BCUT2D eigenvalue weighted by Crippen LogP contribution is -3.12. The van der Waals surface area contributed by atoms with E-state index in [1.807, 2.05) is 70.3 Å². The van der Waals surface area contributed by atoms with Crippen LogP contribution in [0.2, 0.25) is 0 Å². The number of benzene rings is 2. The van der Waals surface area contributed by atoms with Crippen LogP contribution in [0.1, 0.15) is 23.6 Å². The standard InChI is InChI=1S/C24H31N3O3/c1-6-14-30-21-12-10-20(11-13-21)16-27(5)19(4)24(29)25-15-22(28)26-23-17(2)8-7-9-18(23)3/h6-13,19H,1,14-16H2,2-5H3,(H,25,29)(H,26,28)/p+1/t19-/m1/s1. The first-order valence-electron chi connectivity index (χ1n) is 10.1. The lowest BCUT2D eigenvalue weighted by Gasteiger charge is -2.21. The zero-order valence-electron chi connectivity index (χ0n) is 18.2. The molecule has 2 aromatic rings. The molecule has 30 heavy (non-hydrogen) atoms. The van der Waals surface area contributed by atoms with Crippen molar-refractivity contribution >= 4 is 17.5 Å². The Morgan fingerprint density at radius 3 is 2.37 bits per heavy atom. The third kappa shape index (κ3) is 6.74. The van der Waals surface area contributed by atoms with Gasteiger partial charge in [0.15, 0.2) is 6.04 Å². The molecule has 6 nitrogen and oxygen atoms in total. The van der Waals surface area contributed by atoms with Gasteiger partial charge in [-0.15, -0.1) is 0 Å². The van der Waals surface area contributed by atoms with Crippen LogP contribution < -0.4 is 20.3 Å². The van der Waals surface area contributed by atoms with Crippen LogP contribution >= 0.6 is 0 Å². The van der Waals surface area contributed by atoms with Gasteiger partial charge in [0, 0.05) is 11.3 Å². The second kappa shape index (κ2) is 11.2. The van der Waals surface area contributed by atoms with E-state index in [-0.39, 0.29) is 24.4 Å². The predicted octanol–water partition coefficient (Wildman–Crippen LogP) is 2.03. The molecule has 0 heterocycles. The Kier molecular flexibility index (Phi) is 8.62. The minimum atomic E-state index is -0.297. The topological polar surface area (TPSA) is 71.9 Å². The normalized spacial score (nSPS) is 12.5. The van der Waals surface area contributed by atoms with Crippen LogP contribution in [0.3, 0.4) is 0 Å². The van der Waals surface area contributed by atoms with Crippen molar-refractivity contribution in [2.24, 2.45) is 0 Å². The molecule has 0 saturated heterocycles. The Morgan fingerprint density at radius 2 is 1.77 bits per heavy atom. The van der Waals surface area contributed by atoms with Gasteiger partial charge in [0.1, 0.15) is 18.9 Å². The average Bonchev–Trinajstić information content (AvgIpc) is 2.73. The Labute approximate surface area is 178 Å². The summed E-state index contributed by atoms with van der Waals surface area (Å²) in [4.78, 5) is 25.8. The zero-order chi connectivity index (χ0) is 22.1. The minimum absolute atomic E-state index is 0.0560. The number of likely N-dealkylation sites (N-methyl/N-ethyl adjacent to an activating group) is 1. The number of hydrogen-bond acceptors (Lipinski definition) is 3. The summed E-state index contributed by atoms with van der Waals surface area (Å²) in [6, 6.07) is 13.3. The second-order valence-electron chi connectivity index (χ2n) is 7.52. The molecule has 0 fully saturated rings. The van der Waals surface area contributed by atoms with Gasteiger partial charge in [-0.25, -0.2) is 0 Å². The van der Waals surface area contributed by atoms with Crippen molar-refractivity contribution in [1.82, 2.24) is 5.32 Å². The lowest BCUT2D eigenvalue weighted by atomic mass is 10.1. The summed E-state index contributed by atoms with van der Waals surface area (Å²) in [6.45, 7) is 10.5. The largest absolute Gasteiger partial charge is 0.490 e. The maximum Gasteiger partial charge on any atom is 0.278 e. The van der Waals surface area contributed by atoms with Crippen molar-refractivity contribution in [1.29, 1.82) is 0 Å². The van der Waals surface area contributed by atoms with Gasteiger partial charge in [0.05, 0.1) is 13.6 Å². The van der Waals surface area contributed by atoms with Crippen LogP contribution in [0.4, 0.5) is 5.69 Å². The fourth-order valence-corrected chi connectivity index (χ4v) is 3.07. The molecule has 1 unspecified atom stereocenters. The van der Waals surface area contributed by atoms with Crippen molar-refractivity contribution in [3.05, 3.63) is 71.8 Å². The first kappa shape index (κ1) is 23.2. The van der Waals surface area contributed by atoms with E-state index in [1.165, 1.54) is 0 Å². The first-order chi connectivity index (χ1) is 14.3. The number of aryl methyl sites for hydroxylation is 2. The summed E-state index contributed by atoms with van der Waals surface area (Å²) in [6.07, 6.45) is 1.70. The Balaban J connectivity index is 1.83. The molecule has 0 saturated carbocycles. The van der Waals surface area contributed by atoms with Gasteiger partial charge in [0.25, 0.3) is 5.91 Å². The van der Waals surface area contributed by atoms with Crippen LogP contribution in [0.15, 0.2) is 55.1 Å². The summed E-state index contributed by atoms with van der Waals surface area (Å²) in [7, 11) is 1.96. The number of quaternary nitrogens is 1. The highest BCUT2D eigenvalue weighted by Gasteiger charge is 2.22. The SMILES string of the molecule is C=CCOc1ccc(C[NH+](C)[C@H](C)C(=O)NCC(=O)Nc2c(C)cccc2C)cc1. The van der Waals surface area contributed by atoms with Crippen LogP contribution in [-0.4, -0.2) is 38.1 Å². The van der Waals surface area contributed by atoms with Gasteiger partial charge in [-0.3, -0.25) is 9.59 Å².